The maximum absolute atomic E-state index is 13.0. The van der Waals surface area contributed by atoms with Crippen molar-refractivity contribution in [2.24, 2.45) is 5.73 Å². The van der Waals surface area contributed by atoms with Crippen molar-refractivity contribution < 1.29 is 18.7 Å². The highest BCUT2D eigenvalue weighted by Crippen LogP contribution is 2.30. The van der Waals surface area contributed by atoms with Gasteiger partial charge in [-0.15, -0.1) is 0 Å². The molecule has 1 aliphatic rings. The van der Waals surface area contributed by atoms with E-state index < -0.39 is 0 Å². The van der Waals surface area contributed by atoms with Crippen LogP contribution in [-0.2, 0) is 4.79 Å². The van der Waals surface area contributed by atoms with Gasteiger partial charge in [-0.1, -0.05) is 0 Å². The molecule has 2 aromatic rings. The van der Waals surface area contributed by atoms with E-state index in [9.17, 15) is 9.59 Å². The van der Waals surface area contributed by atoms with Crippen LogP contribution >= 0.6 is 0 Å². The molecular weight excluding hydrogens is 322 g/mol. The molecular formula is C18H23N3O4. The summed E-state index contributed by atoms with van der Waals surface area (Å²) >= 11 is 0. The van der Waals surface area contributed by atoms with Crippen LogP contribution < -0.4 is 10.5 Å². The first-order valence-electron chi connectivity index (χ1n) is 8.32. The molecule has 7 heteroatoms. The minimum absolute atomic E-state index is 0.0594. The van der Waals surface area contributed by atoms with Crippen LogP contribution in [0.2, 0.25) is 0 Å². The third-order valence-electron chi connectivity index (χ3n) is 4.85. The smallest absolute Gasteiger partial charge is 0.258 e. The van der Waals surface area contributed by atoms with E-state index in [0.717, 1.165) is 5.39 Å². The summed E-state index contributed by atoms with van der Waals surface area (Å²) in [6.45, 7) is 5.92. The van der Waals surface area contributed by atoms with Crippen LogP contribution in [-0.4, -0.2) is 60.9 Å². The van der Waals surface area contributed by atoms with Gasteiger partial charge in [0, 0.05) is 31.6 Å². The molecule has 1 fully saturated rings. The molecule has 2 amide bonds. The lowest BCUT2D eigenvalue weighted by Gasteiger charge is -2.36. The SMILES string of the molecule is COc1ccc2oc(C)c(C(=O)N3CCN([C@H](C)C(N)=O)CC3)c2c1. The number of nitrogens with two attached hydrogens (primary N) is 1. The number of ether oxygens (including phenoxy) is 1. The molecule has 0 spiro atoms. The Labute approximate surface area is 146 Å². The van der Waals surface area contributed by atoms with Crippen LogP contribution in [0.4, 0.5) is 0 Å². The zero-order valence-electron chi connectivity index (χ0n) is 14.7. The molecule has 0 saturated carbocycles. The van der Waals surface area contributed by atoms with Gasteiger partial charge in [0.25, 0.3) is 5.91 Å². The summed E-state index contributed by atoms with van der Waals surface area (Å²) in [5.74, 6) is 0.878. The topological polar surface area (TPSA) is 89.0 Å². The Balaban J connectivity index is 1.81. The Morgan fingerprint density at radius 3 is 2.52 bits per heavy atom. The number of methoxy groups -OCH3 is 1. The van der Waals surface area contributed by atoms with E-state index in [1.54, 1.807) is 25.9 Å². The van der Waals surface area contributed by atoms with Crippen molar-refractivity contribution in [1.82, 2.24) is 9.80 Å². The number of carbonyl (C=O) groups is 2. The number of furan rings is 1. The number of fused-ring (bicyclic) bond motifs is 1. The Bertz CT molecular complexity index is 806. The van der Waals surface area contributed by atoms with E-state index in [0.29, 0.717) is 48.8 Å². The number of carbonyl (C=O) groups excluding carboxylic acids is 2. The van der Waals surface area contributed by atoms with Gasteiger partial charge in [0.2, 0.25) is 5.91 Å². The molecule has 2 N–H and O–H groups in total. The minimum atomic E-state index is -0.344. The maximum atomic E-state index is 13.0. The number of aryl methyl sites for hydroxylation is 1. The maximum Gasteiger partial charge on any atom is 0.258 e. The zero-order valence-corrected chi connectivity index (χ0v) is 14.7. The van der Waals surface area contributed by atoms with Crippen LogP contribution in [0.1, 0.15) is 23.0 Å². The molecule has 0 aliphatic carbocycles. The normalized spacial score (nSPS) is 16.8. The lowest BCUT2D eigenvalue weighted by molar-refractivity contribution is -0.123. The number of nitrogens with zero attached hydrogens (tertiary/aromatic N) is 2. The van der Waals surface area contributed by atoms with Gasteiger partial charge in [-0.2, -0.15) is 0 Å². The van der Waals surface area contributed by atoms with Gasteiger partial charge in [-0.05, 0) is 32.0 Å². The van der Waals surface area contributed by atoms with Gasteiger partial charge in [-0.25, -0.2) is 0 Å². The van der Waals surface area contributed by atoms with Crippen molar-refractivity contribution in [2.45, 2.75) is 19.9 Å². The molecule has 3 rings (SSSR count). The third-order valence-corrected chi connectivity index (χ3v) is 4.85. The predicted molar refractivity (Wildman–Crippen MR) is 93.6 cm³/mol. The minimum Gasteiger partial charge on any atom is -0.497 e. The van der Waals surface area contributed by atoms with Gasteiger partial charge < -0.3 is 19.8 Å². The Kier molecular flexibility index (Phi) is 4.67. The standard InChI is InChI=1S/C18H23N3O4/c1-11(17(19)22)20-6-8-21(9-7-20)18(23)16-12(2)25-15-5-4-13(24-3)10-14(15)16/h4-5,10-11H,6-9H2,1-3H3,(H2,19,22)/t11-/m1/s1. The average molecular weight is 345 g/mol. The molecule has 0 radical (unpaired) electrons. The van der Waals surface area contributed by atoms with Gasteiger partial charge in [0.15, 0.2) is 0 Å². The first kappa shape index (κ1) is 17.3. The predicted octanol–water partition coefficient (Wildman–Crippen LogP) is 1.38. The fourth-order valence-electron chi connectivity index (χ4n) is 3.24. The van der Waals surface area contributed by atoms with Crippen molar-refractivity contribution in [3.63, 3.8) is 0 Å². The number of piperazine rings is 1. The number of hydrogen-bond acceptors (Lipinski definition) is 5. The van der Waals surface area contributed by atoms with Crippen molar-refractivity contribution in [3.8, 4) is 5.75 Å². The van der Waals surface area contributed by atoms with Crippen molar-refractivity contribution in [3.05, 3.63) is 29.5 Å². The number of amides is 2. The zero-order chi connectivity index (χ0) is 18.1. The van der Waals surface area contributed by atoms with E-state index in [1.807, 2.05) is 23.1 Å². The average Bonchev–Trinajstić information content (AvgIpc) is 2.95. The van der Waals surface area contributed by atoms with Crippen LogP contribution in [0, 0.1) is 6.92 Å². The molecule has 0 unspecified atom stereocenters. The first-order valence-corrected chi connectivity index (χ1v) is 8.32. The van der Waals surface area contributed by atoms with Gasteiger partial charge in [-0.3, -0.25) is 14.5 Å². The van der Waals surface area contributed by atoms with E-state index >= 15 is 0 Å². The molecule has 1 atom stereocenters. The summed E-state index contributed by atoms with van der Waals surface area (Å²) in [7, 11) is 1.59. The van der Waals surface area contributed by atoms with E-state index in [-0.39, 0.29) is 17.9 Å². The van der Waals surface area contributed by atoms with Gasteiger partial charge in [0.1, 0.15) is 17.1 Å². The largest absolute Gasteiger partial charge is 0.497 e. The second-order valence-electron chi connectivity index (χ2n) is 6.30. The molecule has 2 heterocycles. The molecule has 25 heavy (non-hydrogen) atoms. The molecule has 0 bridgehead atoms. The molecule has 1 aromatic heterocycles. The number of hydrogen-bond donors (Lipinski definition) is 1. The van der Waals surface area contributed by atoms with Crippen LogP contribution in [0.3, 0.4) is 0 Å². The highest BCUT2D eigenvalue weighted by Gasteiger charge is 2.29. The Morgan fingerprint density at radius 1 is 1.24 bits per heavy atom. The van der Waals surface area contributed by atoms with Crippen LogP contribution in [0.25, 0.3) is 11.0 Å². The Hall–Kier alpha value is -2.54. The molecule has 1 aromatic carbocycles. The van der Waals surface area contributed by atoms with Crippen molar-refractivity contribution in [2.75, 3.05) is 33.3 Å². The third kappa shape index (κ3) is 3.19. The van der Waals surface area contributed by atoms with Crippen molar-refractivity contribution >= 4 is 22.8 Å². The van der Waals surface area contributed by atoms with Gasteiger partial charge >= 0.3 is 0 Å². The summed E-state index contributed by atoms with van der Waals surface area (Å²) in [5, 5.41) is 0.759. The summed E-state index contributed by atoms with van der Waals surface area (Å²) in [6.07, 6.45) is 0. The summed E-state index contributed by atoms with van der Waals surface area (Å²) < 4.78 is 11.0. The second kappa shape index (κ2) is 6.76. The lowest BCUT2D eigenvalue weighted by atomic mass is 10.1. The molecule has 7 nitrogen and oxygen atoms in total. The lowest BCUT2D eigenvalue weighted by Crippen LogP contribution is -2.54. The van der Waals surface area contributed by atoms with Crippen LogP contribution in [0.15, 0.2) is 22.6 Å². The second-order valence-corrected chi connectivity index (χ2v) is 6.30. The molecule has 1 aliphatic heterocycles. The van der Waals surface area contributed by atoms with Crippen LogP contribution in [0.5, 0.6) is 5.75 Å². The monoisotopic (exact) mass is 345 g/mol. The first-order chi connectivity index (χ1) is 11.9. The number of benzene rings is 1. The number of rotatable bonds is 4. The summed E-state index contributed by atoms with van der Waals surface area (Å²) in [6, 6.07) is 5.12. The summed E-state index contributed by atoms with van der Waals surface area (Å²) in [5.41, 5.74) is 6.61. The highest BCUT2D eigenvalue weighted by molar-refractivity contribution is 6.07. The van der Waals surface area contributed by atoms with E-state index in [4.69, 9.17) is 14.9 Å². The quantitative estimate of drug-likeness (QED) is 0.904. The van der Waals surface area contributed by atoms with Crippen molar-refractivity contribution in [1.29, 1.82) is 0 Å². The summed E-state index contributed by atoms with van der Waals surface area (Å²) in [4.78, 5) is 28.1. The van der Waals surface area contributed by atoms with Gasteiger partial charge in [0.05, 0.1) is 18.7 Å². The highest BCUT2D eigenvalue weighted by atomic mass is 16.5. The molecule has 134 valence electrons. The number of primary amides is 1. The fraction of sp³-hybridized carbons (Fsp3) is 0.444. The van der Waals surface area contributed by atoms with E-state index in [2.05, 4.69) is 0 Å². The van der Waals surface area contributed by atoms with E-state index in [1.165, 1.54) is 0 Å². The Morgan fingerprint density at radius 2 is 1.92 bits per heavy atom. The fourth-order valence-corrected chi connectivity index (χ4v) is 3.24. The molecule has 1 saturated heterocycles.